The molecule has 0 atom stereocenters. The first kappa shape index (κ1) is 13.6. The van der Waals surface area contributed by atoms with Crippen molar-refractivity contribution in [3.05, 3.63) is 48.0 Å². The number of pyridine rings is 1. The van der Waals surface area contributed by atoms with E-state index in [1.165, 1.54) is 4.90 Å². The van der Waals surface area contributed by atoms with Crippen molar-refractivity contribution in [2.45, 2.75) is 0 Å². The van der Waals surface area contributed by atoms with Crippen LogP contribution in [0.25, 0.3) is 5.69 Å². The summed E-state index contributed by atoms with van der Waals surface area (Å²) in [6, 6.07) is 6.86. The fraction of sp³-hybridized carbons (Fsp3) is 0.154. The number of nitrogens with zero attached hydrogens (tertiary/aromatic N) is 4. The first-order valence-corrected chi connectivity index (χ1v) is 5.88. The molecule has 2 aromatic heterocycles. The molecule has 0 aliphatic rings. The van der Waals surface area contributed by atoms with Gasteiger partial charge in [-0.15, -0.1) is 0 Å². The molecule has 0 saturated heterocycles. The van der Waals surface area contributed by atoms with E-state index in [0.29, 0.717) is 17.1 Å². The molecule has 1 amide bonds. The lowest BCUT2D eigenvalue weighted by molar-refractivity contribution is 0.0822. The van der Waals surface area contributed by atoms with E-state index in [4.69, 9.17) is 10.9 Å². The lowest BCUT2D eigenvalue weighted by Gasteiger charge is -2.12. The molecule has 0 fully saturated rings. The number of amides is 1. The second-order valence-corrected chi connectivity index (χ2v) is 4.35. The van der Waals surface area contributed by atoms with Crippen LogP contribution >= 0.6 is 0 Å². The summed E-state index contributed by atoms with van der Waals surface area (Å²) in [5.41, 5.74) is 7.17. The molecule has 7 heteroatoms. The van der Waals surface area contributed by atoms with Crippen molar-refractivity contribution in [3.8, 4) is 5.69 Å². The first-order chi connectivity index (χ1) is 9.54. The third kappa shape index (κ3) is 2.46. The molecule has 20 heavy (non-hydrogen) atoms. The minimum absolute atomic E-state index is 0.00713. The Balaban J connectivity index is 2.47. The number of nitrogens with two attached hydrogens (primary N) is 1. The molecule has 0 radical (unpaired) electrons. The Morgan fingerprint density at radius 1 is 1.45 bits per heavy atom. The molecular weight excluding hydrogens is 258 g/mol. The average molecular weight is 273 g/mol. The molecule has 0 aliphatic carbocycles. The molecule has 0 bridgehead atoms. The van der Waals surface area contributed by atoms with Gasteiger partial charge < -0.3 is 20.4 Å². The van der Waals surface area contributed by atoms with E-state index in [-0.39, 0.29) is 11.7 Å². The molecular formula is C13H15N5O2. The largest absolute Gasteiger partial charge is 0.409 e. The standard InChI is InChI=1S/C13H15N5O2/c1-17(2)13(19)10-8-9(5-6-15-10)18-7-3-4-11(18)12(14)16-20/h3-8,20H,1-2H3,(H2,14,16). The van der Waals surface area contributed by atoms with E-state index < -0.39 is 0 Å². The Morgan fingerprint density at radius 3 is 2.85 bits per heavy atom. The van der Waals surface area contributed by atoms with Gasteiger partial charge in [-0.1, -0.05) is 5.16 Å². The summed E-state index contributed by atoms with van der Waals surface area (Å²) in [5, 5.41) is 11.8. The zero-order chi connectivity index (χ0) is 14.7. The van der Waals surface area contributed by atoms with Crippen LogP contribution in [0.15, 0.2) is 41.8 Å². The van der Waals surface area contributed by atoms with E-state index in [0.717, 1.165) is 0 Å². The Morgan fingerprint density at radius 2 is 2.20 bits per heavy atom. The second kappa shape index (κ2) is 5.43. The van der Waals surface area contributed by atoms with Crippen LogP contribution in [-0.4, -0.2) is 45.5 Å². The summed E-state index contributed by atoms with van der Waals surface area (Å²) in [7, 11) is 3.32. The van der Waals surface area contributed by atoms with Crippen LogP contribution < -0.4 is 5.73 Å². The molecule has 7 nitrogen and oxygen atoms in total. The van der Waals surface area contributed by atoms with Crippen molar-refractivity contribution >= 4 is 11.7 Å². The van der Waals surface area contributed by atoms with Gasteiger partial charge in [-0.25, -0.2) is 0 Å². The van der Waals surface area contributed by atoms with E-state index >= 15 is 0 Å². The third-order valence-electron chi connectivity index (χ3n) is 2.77. The van der Waals surface area contributed by atoms with Crippen LogP contribution in [-0.2, 0) is 0 Å². The number of hydrogen-bond donors (Lipinski definition) is 2. The monoisotopic (exact) mass is 273 g/mol. The molecule has 3 N–H and O–H groups in total. The number of aromatic nitrogens is 2. The number of oxime groups is 1. The lowest BCUT2D eigenvalue weighted by Crippen LogP contribution is -2.23. The number of carbonyl (C=O) groups excluding carboxylic acids is 1. The zero-order valence-corrected chi connectivity index (χ0v) is 11.2. The van der Waals surface area contributed by atoms with Gasteiger partial charge in [0.1, 0.15) is 5.69 Å². The van der Waals surface area contributed by atoms with Gasteiger partial charge in [-0.05, 0) is 24.3 Å². The maximum Gasteiger partial charge on any atom is 0.272 e. The minimum Gasteiger partial charge on any atom is -0.409 e. The van der Waals surface area contributed by atoms with Crippen LogP contribution in [0.4, 0.5) is 0 Å². The lowest BCUT2D eigenvalue weighted by atomic mass is 10.2. The second-order valence-electron chi connectivity index (χ2n) is 4.35. The number of rotatable bonds is 3. The Hall–Kier alpha value is -2.83. The predicted molar refractivity (Wildman–Crippen MR) is 74.1 cm³/mol. The fourth-order valence-electron chi connectivity index (χ4n) is 1.78. The maximum absolute atomic E-state index is 11.9. The van der Waals surface area contributed by atoms with Crippen molar-refractivity contribution < 1.29 is 10.0 Å². The van der Waals surface area contributed by atoms with Gasteiger partial charge in [0.25, 0.3) is 5.91 Å². The molecule has 2 aromatic rings. The molecule has 0 saturated carbocycles. The van der Waals surface area contributed by atoms with Crippen LogP contribution in [0.2, 0.25) is 0 Å². The minimum atomic E-state index is -0.190. The molecule has 104 valence electrons. The summed E-state index contributed by atoms with van der Waals surface area (Å²) in [5.74, 6) is -0.198. The topological polar surface area (TPSA) is 96.7 Å². The predicted octanol–water partition coefficient (Wildman–Crippen LogP) is 0.669. The summed E-state index contributed by atoms with van der Waals surface area (Å²) in [4.78, 5) is 17.4. The SMILES string of the molecule is CN(C)C(=O)c1cc(-n2cccc2/C(N)=N/O)ccn1. The van der Waals surface area contributed by atoms with Crippen molar-refractivity contribution in [3.63, 3.8) is 0 Å². The van der Waals surface area contributed by atoms with Crippen LogP contribution in [0.5, 0.6) is 0 Å². The van der Waals surface area contributed by atoms with E-state index in [2.05, 4.69) is 10.1 Å². The molecule has 0 aromatic carbocycles. The summed E-state index contributed by atoms with van der Waals surface area (Å²) in [6.07, 6.45) is 3.30. The van der Waals surface area contributed by atoms with Crippen LogP contribution in [0, 0.1) is 0 Å². The summed E-state index contributed by atoms with van der Waals surface area (Å²) < 4.78 is 1.71. The normalized spacial score (nSPS) is 11.4. The van der Waals surface area contributed by atoms with E-state index in [9.17, 15) is 4.79 Å². The summed E-state index contributed by atoms with van der Waals surface area (Å²) in [6.45, 7) is 0. The highest BCUT2D eigenvalue weighted by atomic mass is 16.4. The first-order valence-electron chi connectivity index (χ1n) is 5.88. The Kier molecular flexibility index (Phi) is 3.69. The van der Waals surface area contributed by atoms with Gasteiger partial charge in [-0.2, -0.15) is 0 Å². The van der Waals surface area contributed by atoms with Gasteiger partial charge in [0.15, 0.2) is 5.84 Å². The molecule has 0 aliphatic heterocycles. The van der Waals surface area contributed by atoms with Crippen LogP contribution in [0.1, 0.15) is 16.2 Å². The van der Waals surface area contributed by atoms with Crippen molar-refractivity contribution in [1.29, 1.82) is 0 Å². The average Bonchev–Trinajstić information content (AvgIpc) is 2.95. The van der Waals surface area contributed by atoms with Crippen molar-refractivity contribution in [2.24, 2.45) is 10.9 Å². The summed E-state index contributed by atoms with van der Waals surface area (Å²) >= 11 is 0. The van der Waals surface area contributed by atoms with E-state index in [1.54, 1.807) is 55.3 Å². The highest BCUT2D eigenvalue weighted by molar-refractivity contribution is 5.96. The Bertz CT molecular complexity index is 660. The maximum atomic E-state index is 11.9. The highest BCUT2D eigenvalue weighted by Gasteiger charge is 2.12. The van der Waals surface area contributed by atoms with Gasteiger partial charge in [0.05, 0.1) is 5.69 Å². The number of hydrogen-bond acceptors (Lipinski definition) is 4. The highest BCUT2D eigenvalue weighted by Crippen LogP contribution is 2.14. The van der Waals surface area contributed by atoms with Gasteiger partial charge in [0, 0.05) is 32.2 Å². The fourth-order valence-corrected chi connectivity index (χ4v) is 1.78. The van der Waals surface area contributed by atoms with Gasteiger partial charge in [0.2, 0.25) is 0 Å². The van der Waals surface area contributed by atoms with Crippen molar-refractivity contribution in [2.75, 3.05) is 14.1 Å². The van der Waals surface area contributed by atoms with Crippen molar-refractivity contribution in [1.82, 2.24) is 14.5 Å². The number of carbonyl (C=O) groups is 1. The Labute approximate surface area is 115 Å². The molecule has 2 rings (SSSR count). The van der Waals surface area contributed by atoms with E-state index in [1.807, 2.05) is 0 Å². The molecule has 0 unspecified atom stereocenters. The zero-order valence-electron chi connectivity index (χ0n) is 11.2. The third-order valence-corrected chi connectivity index (χ3v) is 2.77. The van der Waals surface area contributed by atoms with Gasteiger partial charge >= 0.3 is 0 Å². The quantitative estimate of drug-likeness (QED) is 0.372. The van der Waals surface area contributed by atoms with Gasteiger partial charge in [-0.3, -0.25) is 9.78 Å². The molecule has 2 heterocycles. The molecule has 0 spiro atoms. The smallest absolute Gasteiger partial charge is 0.272 e. The number of amidine groups is 1. The van der Waals surface area contributed by atoms with Crippen LogP contribution in [0.3, 0.4) is 0 Å².